The van der Waals surface area contributed by atoms with Crippen molar-refractivity contribution < 1.29 is 14.3 Å². The fourth-order valence-corrected chi connectivity index (χ4v) is 2.78. The first-order chi connectivity index (χ1) is 11.0. The SMILES string of the molecule is CCc1cnccc1C(=O)N1CCO[C@H](CN(C)CC(N)=O)C1. The number of aromatic nitrogens is 1. The predicted molar refractivity (Wildman–Crippen MR) is 85.9 cm³/mol. The van der Waals surface area contributed by atoms with Crippen LogP contribution in [0.3, 0.4) is 0 Å². The quantitative estimate of drug-likeness (QED) is 0.791. The van der Waals surface area contributed by atoms with Crippen molar-refractivity contribution in [2.75, 3.05) is 39.8 Å². The second kappa shape index (κ2) is 8.03. The van der Waals surface area contributed by atoms with Gasteiger partial charge in [-0.05, 0) is 25.1 Å². The molecule has 7 heteroatoms. The van der Waals surface area contributed by atoms with Crippen LogP contribution in [0, 0.1) is 0 Å². The molecular weight excluding hydrogens is 296 g/mol. The number of hydrogen-bond donors (Lipinski definition) is 1. The number of nitrogens with two attached hydrogens (primary N) is 1. The third kappa shape index (κ3) is 4.74. The van der Waals surface area contributed by atoms with E-state index >= 15 is 0 Å². The van der Waals surface area contributed by atoms with Crippen molar-refractivity contribution in [3.05, 3.63) is 29.6 Å². The Hall–Kier alpha value is -1.99. The molecule has 2 heterocycles. The lowest BCUT2D eigenvalue weighted by Crippen LogP contribution is -2.50. The minimum atomic E-state index is -0.374. The maximum atomic E-state index is 12.7. The van der Waals surface area contributed by atoms with E-state index in [2.05, 4.69) is 4.98 Å². The van der Waals surface area contributed by atoms with Crippen molar-refractivity contribution >= 4 is 11.8 Å². The lowest BCUT2D eigenvalue weighted by Gasteiger charge is -2.35. The van der Waals surface area contributed by atoms with Crippen LogP contribution >= 0.6 is 0 Å². The van der Waals surface area contributed by atoms with E-state index in [1.165, 1.54) is 0 Å². The van der Waals surface area contributed by atoms with Gasteiger partial charge in [0.2, 0.25) is 5.91 Å². The Morgan fingerprint density at radius 2 is 2.30 bits per heavy atom. The Kier molecular flexibility index (Phi) is 6.06. The monoisotopic (exact) mass is 320 g/mol. The van der Waals surface area contributed by atoms with Gasteiger partial charge in [-0.25, -0.2) is 0 Å². The highest BCUT2D eigenvalue weighted by Crippen LogP contribution is 2.14. The van der Waals surface area contributed by atoms with Crippen molar-refractivity contribution in [2.24, 2.45) is 5.73 Å². The molecule has 1 aliphatic rings. The zero-order chi connectivity index (χ0) is 16.8. The van der Waals surface area contributed by atoms with E-state index in [9.17, 15) is 9.59 Å². The maximum absolute atomic E-state index is 12.7. The molecule has 1 saturated heterocycles. The largest absolute Gasteiger partial charge is 0.373 e. The molecule has 2 N–H and O–H groups in total. The first-order valence-electron chi connectivity index (χ1n) is 7.81. The molecule has 7 nitrogen and oxygen atoms in total. The van der Waals surface area contributed by atoms with E-state index in [0.717, 1.165) is 12.0 Å². The van der Waals surface area contributed by atoms with Crippen LogP contribution in [0.25, 0.3) is 0 Å². The number of rotatable bonds is 6. The number of primary amides is 1. The van der Waals surface area contributed by atoms with Crippen molar-refractivity contribution in [1.82, 2.24) is 14.8 Å². The van der Waals surface area contributed by atoms with Crippen LogP contribution in [-0.4, -0.2) is 72.5 Å². The summed E-state index contributed by atoms with van der Waals surface area (Å²) in [7, 11) is 1.81. The summed E-state index contributed by atoms with van der Waals surface area (Å²) in [6.07, 6.45) is 4.03. The van der Waals surface area contributed by atoms with Gasteiger partial charge in [-0.1, -0.05) is 6.92 Å². The average Bonchev–Trinajstić information content (AvgIpc) is 2.53. The molecule has 1 aromatic heterocycles. The zero-order valence-electron chi connectivity index (χ0n) is 13.7. The minimum Gasteiger partial charge on any atom is -0.373 e. The summed E-state index contributed by atoms with van der Waals surface area (Å²) in [5.74, 6) is -0.365. The summed E-state index contributed by atoms with van der Waals surface area (Å²) in [5.41, 5.74) is 6.84. The van der Waals surface area contributed by atoms with Crippen molar-refractivity contribution in [1.29, 1.82) is 0 Å². The molecule has 126 valence electrons. The van der Waals surface area contributed by atoms with Crippen LogP contribution in [0.4, 0.5) is 0 Å². The fourth-order valence-electron chi connectivity index (χ4n) is 2.78. The van der Waals surface area contributed by atoms with Gasteiger partial charge in [0.05, 0.1) is 19.3 Å². The number of likely N-dealkylation sites (N-methyl/N-ethyl adjacent to an activating group) is 1. The van der Waals surface area contributed by atoms with Crippen LogP contribution in [0.5, 0.6) is 0 Å². The molecule has 0 unspecified atom stereocenters. The van der Waals surface area contributed by atoms with E-state index in [1.54, 1.807) is 23.4 Å². The number of amides is 2. The Labute approximate surface area is 136 Å². The molecule has 2 amide bonds. The number of hydrogen-bond acceptors (Lipinski definition) is 5. The summed E-state index contributed by atoms with van der Waals surface area (Å²) in [6, 6.07) is 1.77. The molecule has 23 heavy (non-hydrogen) atoms. The van der Waals surface area contributed by atoms with E-state index in [0.29, 0.717) is 31.8 Å². The topological polar surface area (TPSA) is 88.8 Å². The van der Waals surface area contributed by atoms with E-state index in [4.69, 9.17) is 10.5 Å². The molecule has 0 radical (unpaired) electrons. The van der Waals surface area contributed by atoms with Crippen LogP contribution in [0.1, 0.15) is 22.8 Å². The number of nitrogens with zero attached hydrogens (tertiary/aromatic N) is 3. The second-order valence-electron chi connectivity index (χ2n) is 5.79. The molecule has 1 atom stereocenters. The first-order valence-corrected chi connectivity index (χ1v) is 7.81. The number of pyridine rings is 1. The molecule has 0 spiro atoms. The average molecular weight is 320 g/mol. The maximum Gasteiger partial charge on any atom is 0.254 e. The molecular formula is C16H24N4O3. The Morgan fingerprint density at radius 3 is 3.00 bits per heavy atom. The molecule has 1 aromatic rings. The van der Waals surface area contributed by atoms with Gasteiger partial charge in [-0.2, -0.15) is 0 Å². The third-order valence-corrected chi connectivity index (χ3v) is 3.88. The first kappa shape index (κ1) is 17.4. The van der Waals surface area contributed by atoms with Crippen LogP contribution in [-0.2, 0) is 16.0 Å². The van der Waals surface area contributed by atoms with Gasteiger partial charge in [-0.3, -0.25) is 19.5 Å². The van der Waals surface area contributed by atoms with Gasteiger partial charge in [0.15, 0.2) is 0 Å². The van der Waals surface area contributed by atoms with Gasteiger partial charge in [0.1, 0.15) is 0 Å². The predicted octanol–water partition coefficient (Wildman–Crippen LogP) is -0.0979. The van der Waals surface area contributed by atoms with E-state index in [1.807, 2.05) is 18.9 Å². The molecule has 1 fully saturated rings. The zero-order valence-corrected chi connectivity index (χ0v) is 13.7. The van der Waals surface area contributed by atoms with Crippen molar-refractivity contribution in [3.63, 3.8) is 0 Å². The van der Waals surface area contributed by atoms with Gasteiger partial charge in [0, 0.05) is 37.6 Å². The highest BCUT2D eigenvalue weighted by atomic mass is 16.5. The number of carbonyl (C=O) groups is 2. The summed E-state index contributed by atoms with van der Waals surface area (Å²) in [4.78, 5) is 31.4. The smallest absolute Gasteiger partial charge is 0.254 e. The molecule has 0 bridgehead atoms. The highest BCUT2D eigenvalue weighted by molar-refractivity contribution is 5.95. The highest BCUT2D eigenvalue weighted by Gasteiger charge is 2.27. The molecule has 2 rings (SSSR count). The number of morpholine rings is 1. The lowest BCUT2D eigenvalue weighted by atomic mass is 10.1. The normalized spacial score (nSPS) is 18.2. The van der Waals surface area contributed by atoms with Crippen molar-refractivity contribution in [2.45, 2.75) is 19.4 Å². The minimum absolute atomic E-state index is 0.00936. The van der Waals surface area contributed by atoms with Crippen LogP contribution in [0.2, 0.25) is 0 Å². The summed E-state index contributed by atoms with van der Waals surface area (Å²) in [5, 5.41) is 0. The van der Waals surface area contributed by atoms with Crippen LogP contribution < -0.4 is 5.73 Å². The Morgan fingerprint density at radius 1 is 1.52 bits per heavy atom. The number of aryl methyl sites for hydroxylation is 1. The fraction of sp³-hybridized carbons (Fsp3) is 0.562. The summed E-state index contributed by atoms with van der Waals surface area (Å²) in [6.45, 7) is 4.32. The standard InChI is InChI=1S/C16H24N4O3/c1-3-12-8-18-5-4-14(12)16(22)20-6-7-23-13(10-20)9-19(2)11-15(17)21/h4-5,8,13H,3,6-7,9-11H2,1-2H3,(H2,17,21)/t13-/m1/s1. The second-order valence-corrected chi connectivity index (χ2v) is 5.79. The van der Waals surface area contributed by atoms with E-state index in [-0.39, 0.29) is 24.5 Å². The Bertz CT molecular complexity index is 564. The Balaban J connectivity index is 2.00. The lowest BCUT2D eigenvalue weighted by molar-refractivity contribution is -0.119. The number of ether oxygens (including phenoxy) is 1. The van der Waals surface area contributed by atoms with Gasteiger partial charge >= 0.3 is 0 Å². The van der Waals surface area contributed by atoms with Gasteiger partial charge in [-0.15, -0.1) is 0 Å². The van der Waals surface area contributed by atoms with Gasteiger partial charge < -0.3 is 15.4 Å². The molecule has 0 saturated carbocycles. The van der Waals surface area contributed by atoms with Crippen molar-refractivity contribution in [3.8, 4) is 0 Å². The van der Waals surface area contributed by atoms with Crippen LogP contribution in [0.15, 0.2) is 18.5 Å². The molecule has 1 aliphatic heterocycles. The third-order valence-electron chi connectivity index (χ3n) is 3.88. The summed E-state index contributed by atoms with van der Waals surface area (Å²) >= 11 is 0. The number of carbonyl (C=O) groups excluding carboxylic acids is 2. The van der Waals surface area contributed by atoms with E-state index < -0.39 is 0 Å². The molecule has 0 aliphatic carbocycles. The van der Waals surface area contributed by atoms with Gasteiger partial charge in [0.25, 0.3) is 5.91 Å². The molecule has 0 aromatic carbocycles. The summed E-state index contributed by atoms with van der Waals surface area (Å²) < 4.78 is 5.70.